The summed E-state index contributed by atoms with van der Waals surface area (Å²) >= 11 is 0. The SMILES string of the molecule is COc1cccc2ncnc(Nc3cc(C)cc(N4CCCCC4)c3)c12. The summed E-state index contributed by atoms with van der Waals surface area (Å²) in [4.78, 5) is 11.3. The molecule has 5 nitrogen and oxygen atoms in total. The van der Waals surface area contributed by atoms with Crippen molar-refractivity contribution in [2.75, 3.05) is 30.4 Å². The third-order valence-electron chi connectivity index (χ3n) is 4.89. The number of hydrogen-bond acceptors (Lipinski definition) is 5. The molecule has 1 aliphatic rings. The fourth-order valence-corrected chi connectivity index (χ4v) is 3.65. The van der Waals surface area contributed by atoms with E-state index in [9.17, 15) is 0 Å². The average Bonchev–Trinajstić information content (AvgIpc) is 2.68. The summed E-state index contributed by atoms with van der Waals surface area (Å²) in [5.41, 5.74) is 4.42. The monoisotopic (exact) mass is 348 g/mol. The standard InChI is InChI=1S/C21H24N4O/c1-15-11-16(13-17(12-15)25-9-4-3-5-10-25)24-21-20-18(22-14-23-21)7-6-8-19(20)26-2/h6-8,11-14H,3-5,9-10H2,1-2H3,(H,22,23,24). The van der Waals surface area contributed by atoms with Gasteiger partial charge in [-0.3, -0.25) is 0 Å². The van der Waals surface area contributed by atoms with Crippen molar-refractivity contribution in [3.63, 3.8) is 0 Å². The molecule has 0 radical (unpaired) electrons. The Kier molecular flexibility index (Phi) is 4.61. The van der Waals surface area contributed by atoms with Gasteiger partial charge in [0.05, 0.1) is 18.0 Å². The average molecular weight is 348 g/mol. The molecule has 0 aliphatic carbocycles. The molecule has 0 bridgehead atoms. The third-order valence-corrected chi connectivity index (χ3v) is 4.89. The van der Waals surface area contributed by atoms with Gasteiger partial charge in [0, 0.05) is 24.5 Å². The van der Waals surface area contributed by atoms with E-state index in [1.807, 2.05) is 18.2 Å². The second-order valence-corrected chi connectivity index (χ2v) is 6.81. The molecule has 4 rings (SSSR count). The number of nitrogens with zero attached hydrogens (tertiary/aromatic N) is 3. The van der Waals surface area contributed by atoms with Crippen LogP contribution in [0.4, 0.5) is 17.2 Å². The van der Waals surface area contributed by atoms with Crippen LogP contribution in [0.15, 0.2) is 42.7 Å². The minimum absolute atomic E-state index is 0.766. The molecule has 2 aromatic carbocycles. The van der Waals surface area contributed by atoms with Gasteiger partial charge in [0.15, 0.2) is 0 Å². The molecule has 134 valence electrons. The molecule has 0 saturated carbocycles. The highest BCUT2D eigenvalue weighted by atomic mass is 16.5. The zero-order chi connectivity index (χ0) is 17.9. The molecule has 0 unspecified atom stereocenters. The van der Waals surface area contributed by atoms with Crippen LogP contribution in [0, 0.1) is 6.92 Å². The minimum atomic E-state index is 0.766. The van der Waals surface area contributed by atoms with E-state index in [-0.39, 0.29) is 0 Å². The molecule has 0 atom stereocenters. The second-order valence-electron chi connectivity index (χ2n) is 6.81. The number of piperidine rings is 1. The first-order valence-electron chi connectivity index (χ1n) is 9.16. The Hall–Kier alpha value is -2.82. The second kappa shape index (κ2) is 7.20. The zero-order valence-electron chi connectivity index (χ0n) is 15.3. The third kappa shape index (κ3) is 3.29. The number of nitrogens with one attached hydrogen (secondary N) is 1. The topological polar surface area (TPSA) is 50.3 Å². The lowest BCUT2D eigenvalue weighted by Crippen LogP contribution is -2.29. The van der Waals surface area contributed by atoms with Gasteiger partial charge in [0.1, 0.15) is 17.9 Å². The molecular formula is C21H24N4O. The molecule has 1 aromatic heterocycles. The van der Waals surface area contributed by atoms with Crippen LogP contribution in [0.5, 0.6) is 5.75 Å². The first kappa shape index (κ1) is 16.6. The van der Waals surface area contributed by atoms with Crippen molar-refractivity contribution in [3.8, 4) is 5.75 Å². The maximum absolute atomic E-state index is 5.52. The van der Waals surface area contributed by atoms with Crippen LogP contribution in [0.1, 0.15) is 24.8 Å². The van der Waals surface area contributed by atoms with Gasteiger partial charge >= 0.3 is 0 Å². The fraction of sp³-hybridized carbons (Fsp3) is 0.333. The quantitative estimate of drug-likeness (QED) is 0.742. The van der Waals surface area contributed by atoms with Gasteiger partial charge in [0.25, 0.3) is 0 Å². The Labute approximate surface area is 154 Å². The molecule has 26 heavy (non-hydrogen) atoms. The largest absolute Gasteiger partial charge is 0.496 e. The van der Waals surface area contributed by atoms with Crippen molar-refractivity contribution in [2.45, 2.75) is 26.2 Å². The molecule has 0 spiro atoms. The molecule has 2 heterocycles. The molecule has 1 saturated heterocycles. The van der Waals surface area contributed by atoms with Crippen LogP contribution < -0.4 is 15.0 Å². The summed E-state index contributed by atoms with van der Waals surface area (Å²) in [6.07, 6.45) is 5.46. The predicted octanol–water partition coefficient (Wildman–Crippen LogP) is 4.68. The van der Waals surface area contributed by atoms with Gasteiger partial charge in [-0.15, -0.1) is 0 Å². The van der Waals surface area contributed by atoms with Crippen LogP contribution >= 0.6 is 0 Å². The summed E-state index contributed by atoms with van der Waals surface area (Å²) in [6.45, 7) is 4.40. The van der Waals surface area contributed by atoms with Crippen LogP contribution in [0.25, 0.3) is 10.9 Å². The van der Waals surface area contributed by atoms with Gasteiger partial charge < -0.3 is 15.0 Å². The van der Waals surface area contributed by atoms with Gasteiger partial charge in [-0.05, 0) is 62.1 Å². The van der Waals surface area contributed by atoms with Crippen LogP contribution in [0.3, 0.4) is 0 Å². The molecule has 3 aromatic rings. The van der Waals surface area contributed by atoms with E-state index >= 15 is 0 Å². The Morgan fingerprint density at radius 1 is 1.04 bits per heavy atom. The van der Waals surface area contributed by atoms with E-state index in [1.54, 1.807) is 13.4 Å². The van der Waals surface area contributed by atoms with Crippen LogP contribution in [-0.4, -0.2) is 30.2 Å². The number of ether oxygens (including phenoxy) is 1. The molecule has 1 fully saturated rings. The van der Waals surface area contributed by atoms with Crippen molar-refractivity contribution in [2.24, 2.45) is 0 Å². The molecule has 1 aliphatic heterocycles. The van der Waals surface area contributed by atoms with E-state index in [0.717, 1.165) is 41.2 Å². The van der Waals surface area contributed by atoms with Crippen LogP contribution in [0.2, 0.25) is 0 Å². The van der Waals surface area contributed by atoms with Crippen molar-refractivity contribution in [1.29, 1.82) is 0 Å². The molecule has 5 heteroatoms. The summed E-state index contributed by atoms with van der Waals surface area (Å²) in [7, 11) is 1.67. The van der Waals surface area contributed by atoms with E-state index in [0.29, 0.717) is 0 Å². The summed E-state index contributed by atoms with van der Waals surface area (Å²) in [5, 5.41) is 4.39. The Bertz CT molecular complexity index is 914. The van der Waals surface area contributed by atoms with Gasteiger partial charge in [-0.25, -0.2) is 9.97 Å². The lowest BCUT2D eigenvalue weighted by Gasteiger charge is -2.29. The van der Waals surface area contributed by atoms with Gasteiger partial charge in [-0.1, -0.05) is 6.07 Å². The Morgan fingerprint density at radius 2 is 1.88 bits per heavy atom. The highest BCUT2D eigenvalue weighted by Crippen LogP contribution is 2.32. The normalized spacial score (nSPS) is 14.5. The lowest BCUT2D eigenvalue weighted by molar-refractivity contribution is 0.420. The maximum atomic E-state index is 5.52. The van der Waals surface area contributed by atoms with Crippen molar-refractivity contribution in [1.82, 2.24) is 9.97 Å². The number of fused-ring (bicyclic) bond motifs is 1. The Balaban J connectivity index is 1.71. The number of methoxy groups -OCH3 is 1. The first-order chi connectivity index (χ1) is 12.7. The number of aromatic nitrogens is 2. The van der Waals surface area contributed by atoms with Crippen LogP contribution in [-0.2, 0) is 0 Å². The van der Waals surface area contributed by atoms with E-state index in [1.165, 1.54) is 30.5 Å². The molecular weight excluding hydrogens is 324 g/mol. The predicted molar refractivity (Wildman–Crippen MR) is 107 cm³/mol. The maximum Gasteiger partial charge on any atom is 0.145 e. The van der Waals surface area contributed by atoms with E-state index in [2.05, 4.69) is 45.3 Å². The van der Waals surface area contributed by atoms with Crippen molar-refractivity contribution < 1.29 is 4.74 Å². The number of aryl methyl sites for hydroxylation is 1. The highest BCUT2D eigenvalue weighted by Gasteiger charge is 2.14. The zero-order valence-corrected chi connectivity index (χ0v) is 15.3. The first-order valence-corrected chi connectivity index (χ1v) is 9.16. The smallest absolute Gasteiger partial charge is 0.145 e. The van der Waals surface area contributed by atoms with E-state index < -0.39 is 0 Å². The van der Waals surface area contributed by atoms with Gasteiger partial charge in [-0.2, -0.15) is 0 Å². The highest BCUT2D eigenvalue weighted by molar-refractivity contribution is 5.95. The number of anilines is 3. The summed E-state index contributed by atoms with van der Waals surface area (Å²) < 4.78 is 5.52. The van der Waals surface area contributed by atoms with E-state index in [4.69, 9.17) is 4.74 Å². The summed E-state index contributed by atoms with van der Waals surface area (Å²) in [6, 6.07) is 12.5. The number of benzene rings is 2. The fourth-order valence-electron chi connectivity index (χ4n) is 3.65. The molecule has 1 N–H and O–H groups in total. The van der Waals surface area contributed by atoms with Crippen molar-refractivity contribution >= 4 is 28.1 Å². The number of hydrogen-bond donors (Lipinski definition) is 1. The summed E-state index contributed by atoms with van der Waals surface area (Å²) in [5.74, 6) is 1.54. The molecule has 0 amide bonds. The lowest BCUT2D eigenvalue weighted by atomic mass is 10.1. The number of rotatable bonds is 4. The minimum Gasteiger partial charge on any atom is -0.496 e. The van der Waals surface area contributed by atoms with Gasteiger partial charge in [0.2, 0.25) is 0 Å². The van der Waals surface area contributed by atoms with Crippen molar-refractivity contribution in [3.05, 3.63) is 48.3 Å². The Morgan fingerprint density at radius 3 is 2.69 bits per heavy atom.